The minimum Gasteiger partial charge on any atom is -0.512 e. The third-order valence-corrected chi connectivity index (χ3v) is 5.51. The Hall–Kier alpha value is -2.88. The molecule has 28 heavy (non-hydrogen) atoms. The van der Waals surface area contributed by atoms with Crippen molar-refractivity contribution in [2.24, 2.45) is 11.0 Å². The van der Waals surface area contributed by atoms with Crippen molar-refractivity contribution in [1.82, 2.24) is 5.01 Å². The lowest BCUT2D eigenvalue weighted by Gasteiger charge is -2.23. The second-order valence-corrected chi connectivity index (χ2v) is 7.51. The molecule has 1 aliphatic rings. The molecule has 4 nitrogen and oxygen atoms in total. The predicted octanol–water partition coefficient (Wildman–Crippen LogP) is 5.41. The van der Waals surface area contributed by atoms with E-state index in [1.807, 2.05) is 61.5 Å². The van der Waals surface area contributed by atoms with Gasteiger partial charge >= 0.3 is 0 Å². The maximum absolute atomic E-state index is 11.5. The van der Waals surface area contributed by atoms with Crippen molar-refractivity contribution in [3.05, 3.63) is 83.6 Å². The van der Waals surface area contributed by atoms with E-state index < -0.39 is 0 Å². The molecule has 0 aliphatic heterocycles. The third kappa shape index (κ3) is 4.89. The Morgan fingerprint density at radius 1 is 1.18 bits per heavy atom. The summed E-state index contributed by atoms with van der Waals surface area (Å²) in [6.07, 6.45) is 5.47. The Morgan fingerprint density at radius 2 is 1.82 bits per heavy atom. The molecule has 0 spiro atoms. The monoisotopic (exact) mass is 376 g/mol. The highest BCUT2D eigenvalue weighted by molar-refractivity contribution is 5.98. The van der Waals surface area contributed by atoms with Crippen LogP contribution in [0.15, 0.2) is 72.0 Å². The smallest absolute Gasteiger partial charge is 0.230 e. The average Bonchev–Trinajstić information content (AvgIpc) is 3.23. The molecule has 0 radical (unpaired) electrons. The summed E-state index contributed by atoms with van der Waals surface area (Å²) in [6, 6.07) is 17.9. The van der Waals surface area contributed by atoms with Gasteiger partial charge in [0.05, 0.1) is 18.0 Å². The van der Waals surface area contributed by atoms with Gasteiger partial charge in [-0.15, -0.1) is 0 Å². The molecule has 0 heterocycles. The normalized spacial score (nSPS) is 16.0. The molecule has 1 amide bonds. The predicted molar refractivity (Wildman–Crippen MR) is 113 cm³/mol. The molecule has 1 N–H and O–H groups in total. The minimum absolute atomic E-state index is 0.00271. The molecule has 3 rings (SSSR count). The number of amides is 1. The SMILES string of the molecule is C=C(O)C(c1ccc(CN(C=O)/N=C(\C)c2ccccc2)cc1)C1CCCC1. The number of aliphatic hydroxyl groups is 1. The zero-order valence-corrected chi connectivity index (χ0v) is 16.4. The van der Waals surface area contributed by atoms with Crippen molar-refractivity contribution in [2.75, 3.05) is 0 Å². The summed E-state index contributed by atoms with van der Waals surface area (Å²) in [4.78, 5) is 11.5. The quantitative estimate of drug-likeness (QED) is 0.290. The van der Waals surface area contributed by atoms with E-state index in [9.17, 15) is 9.90 Å². The first kappa shape index (κ1) is 19.9. The molecule has 1 fully saturated rings. The summed E-state index contributed by atoms with van der Waals surface area (Å²) in [5, 5.41) is 16.0. The fourth-order valence-electron chi connectivity index (χ4n) is 4.07. The summed E-state index contributed by atoms with van der Waals surface area (Å²) in [5.41, 5.74) is 3.87. The number of carbonyl (C=O) groups is 1. The second kappa shape index (κ2) is 9.36. The fraction of sp³-hybridized carbons (Fsp3) is 0.333. The van der Waals surface area contributed by atoms with Crippen LogP contribution in [0, 0.1) is 5.92 Å². The van der Waals surface area contributed by atoms with Crippen molar-refractivity contribution < 1.29 is 9.90 Å². The van der Waals surface area contributed by atoms with Crippen LogP contribution in [-0.4, -0.2) is 22.2 Å². The van der Waals surface area contributed by atoms with Gasteiger partial charge in [-0.25, -0.2) is 5.01 Å². The summed E-state index contributed by atoms with van der Waals surface area (Å²) >= 11 is 0. The molecule has 1 atom stereocenters. The van der Waals surface area contributed by atoms with Gasteiger partial charge in [-0.1, -0.05) is 74.0 Å². The van der Waals surface area contributed by atoms with Crippen LogP contribution in [0.25, 0.3) is 0 Å². The van der Waals surface area contributed by atoms with Crippen molar-refractivity contribution in [1.29, 1.82) is 0 Å². The largest absolute Gasteiger partial charge is 0.512 e. The summed E-state index contributed by atoms with van der Waals surface area (Å²) in [7, 11) is 0. The minimum atomic E-state index is -0.00271. The standard InChI is InChI=1S/C24H28N2O2/c1-18(21-8-4-3-5-9-21)25-26(17-27)16-20-12-14-23(15-13-20)24(19(2)28)22-10-6-7-11-22/h3-5,8-9,12-15,17,22,24,28H,2,6-7,10-11,16H2,1H3/b25-18+. The molecule has 1 saturated carbocycles. The third-order valence-electron chi connectivity index (χ3n) is 5.51. The van der Waals surface area contributed by atoms with Crippen molar-refractivity contribution in [3.8, 4) is 0 Å². The molecule has 1 unspecified atom stereocenters. The van der Waals surface area contributed by atoms with Crippen LogP contribution in [0.5, 0.6) is 0 Å². The Morgan fingerprint density at radius 3 is 2.39 bits per heavy atom. The van der Waals surface area contributed by atoms with Crippen LogP contribution in [0.1, 0.15) is 55.2 Å². The van der Waals surface area contributed by atoms with E-state index in [2.05, 4.69) is 11.7 Å². The van der Waals surface area contributed by atoms with Crippen LogP contribution in [0.3, 0.4) is 0 Å². The first-order valence-corrected chi connectivity index (χ1v) is 9.87. The van der Waals surface area contributed by atoms with Gasteiger partial charge < -0.3 is 5.11 Å². The fourth-order valence-corrected chi connectivity index (χ4v) is 4.07. The molecule has 1 aliphatic carbocycles. The summed E-state index contributed by atoms with van der Waals surface area (Å²) in [5.74, 6) is 0.710. The second-order valence-electron chi connectivity index (χ2n) is 7.51. The number of hydrogen-bond acceptors (Lipinski definition) is 3. The van der Waals surface area contributed by atoms with E-state index in [0.29, 0.717) is 12.5 Å². The lowest BCUT2D eigenvalue weighted by atomic mass is 9.83. The molecule has 2 aromatic rings. The van der Waals surface area contributed by atoms with Crippen LogP contribution in [-0.2, 0) is 11.3 Å². The summed E-state index contributed by atoms with van der Waals surface area (Å²) < 4.78 is 0. The number of rotatable bonds is 8. The highest BCUT2D eigenvalue weighted by Crippen LogP contribution is 2.40. The first-order valence-electron chi connectivity index (χ1n) is 9.87. The molecule has 0 saturated heterocycles. The number of nitrogens with zero attached hydrogens (tertiary/aromatic N) is 2. The van der Waals surface area contributed by atoms with Gasteiger partial charge in [0.2, 0.25) is 6.41 Å². The van der Waals surface area contributed by atoms with Crippen LogP contribution in [0.2, 0.25) is 0 Å². The number of benzene rings is 2. The van der Waals surface area contributed by atoms with Gasteiger partial charge in [0, 0.05) is 5.92 Å². The number of hydrogen-bond donors (Lipinski definition) is 1. The van der Waals surface area contributed by atoms with E-state index in [1.165, 1.54) is 17.9 Å². The number of hydrazone groups is 1. The van der Waals surface area contributed by atoms with E-state index >= 15 is 0 Å². The topological polar surface area (TPSA) is 52.9 Å². The zero-order chi connectivity index (χ0) is 19.9. The Bertz CT molecular complexity index is 821. The molecule has 146 valence electrons. The Balaban J connectivity index is 1.71. The van der Waals surface area contributed by atoms with Crippen molar-refractivity contribution in [3.63, 3.8) is 0 Å². The lowest BCUT2D eigenvalue weighted by Crippen LogP contribution is -2.17. The van der Waals surface area contributed by atoms with Crippen molar-refractivity contribution >= 4 is 12.1 Å². The molecule has 4 heteroatoms. The molecular weight excluding hydrogens is 348 g/mol. The maximum atomic E-state index is 11.5. The van der Waals surface area contributed by atoms with Gasteiger partial charge in [-0.3, -0.25) is 4.79 Å². The first-order chi connectivity index (χ1) is 13.6. The zero-order valence-electron chi connectivity index (χ0n) is 16.4. The Labute approximate surface area is 167 Å². The van der Waals surface area contributed by atoms with Gasteiger partial charge in [0.15, 0.2) is 0 Å². The van der Waals surface area contributed by atoms with Gasteiger partial charge in [0.25, 0.3) is 0 Å². The van der Waals surface area contributed by atoms with Gasteiger partial charge in [-0.2, -0.15) is 5.10 Å². The van der Waals surface area contributed by atoms with E-state index in [0.717, 1.165) is 41.7 Å². The van der Waals surface area contributed by atoms with Crippen LogP contribution < -0.4 is 0 Å². The number of aliphatic hydroxyl groups excluding tert-OH is 1. The number of carbonyl (C=O) groups excluding carboxylic acids is 1. The molecule has 0 bridgehead atoms. The highest BCUT2D eigenvalue weighted by Gasteiger charge is 2.28. The molecule has 0 aromatic heterocycles. The Kier molecular flexibility index (Phi) is 6.64. The maximum Gasteiger partial charge on any atom is 0.230 e. The van der Waals surface area contributed by atoms with E-state index in [1.54, 1.807) is 0 Å². The average molecular weight is 377 g/mol. The summed E-state index contributed by atoms with van der Waals surface area (Å²) in [6.45, 7) is 6.11. The van der Waals surface area contributed by atoms with Crippen LogP contribution >= 0.6 is 0 Å². The van der Waals surface area contributed by atoms with E-state index in [-0.39, 0.29) is 11.7 Å². The highest BCUT2D eigenvalue weighted by atomic mass is 16.3. The number of allylic oxidation sites excluding steroid dienone is 1. The van der Waals surface area contributed by atoms with E-state index in [4.69, 9.17) is 0 Å². The molecular formula is C24H28N2O2. The molecule has 2 aromatic carbocycles. The van der Waals surface area contributed by atoms with Gasteiger partial charge in [0.1, 0.15) is 0 Å². The lowest BCUT2D eigenvalue weighted by molar-refractivity contribution is -0.118. The van der Waals surface area contributed by atoms with Crippen molar-refractivity contribution in [2.45, 2.75) is 45.1 Å². The van der Waals surface area contributed by atoms with Crippen LogP contribution in [0.4, 0.5) is 0 Å². The van der Waals surface area contributed by atoms with Gasteiger partial charge in [-0.05, 0) is 42.4 Å².